The van der Waals surface area contributed by atoms with E-state index in [-0.39, 0.29) is 11.9 Å². The number of nitrogens with zero attached hydrogens (tertiary/aromatic N) is 4. The molecule has 1 aliphatic rings. The number of carbonyl (C=O) groups excluding carboxylic acids is 1. The maximum atomic E-state index is 12.4. The zero-order valence-electron chi connectivity index (χ0n) is 11.0. The van der Waals surface area contributed by atoms with E-state index < -0.39 is 0 Å². The Morgan fingerprint density at radius 2 is 2.32 bits per heavy atom. The number of rotatable bonds is 2. The first-order chi connectivity index (χ1) is 9.15. The van der Waals surface area contributed by atoms with E-state index in [4.69, 9.17) is 4.42 Å². The fourth-order valence-corrected chi connectivity index (χ4v) is 2.57. The molecule has 0 N–H and O–H groups in total. The third kappa shape index (κ3) is 2.14. The van der Waals surface area contributed by atoms with Crippen molar-refractivity contribution in [2.75, 3.05) is 13.1 Å². The van der Waals surface area contributed by atoms with Crippen LogP contribution in [-0.4, -0.2) is 38.9 Å². The van der Waals surface area contributed by atoms with Gasteiger partial charge in [0.1, 0.15) is 11.5 Å². The summed E-state index contributed by atoms with van der Waals surface area (Å²) < 4.78 is 7.24. The molecule has 1 atom stereocenters. The molecule has 2 aromatic heterocycles. The smallest absolute Gasteiger partial charge is 0.257 e. The normalized spacial score (nSPS) is 19.1. The van der Waals surface area contributed by atoms with Crippen LogP contribution in [0.4, 0.5) is 0 Å². The molecular weight excluding hydrogens is 244 g/mol. The lowest BCUT2D eigenvalue weighted by atomic mass is 10.2. The van der Waals surface area contributed by atoms with E-state index in [1.807, 2.05) is 29.6 Å². The van der Waals surface area contributed by atoms with Crippen molar-refractivity contribution in [3.63, 3.8) is 0 Å². The highest BCUT2D eigenvalue weighted by atomic mass is 16.3. The molecule has 1 aliphatic heterocycles. The maximum absolute atomic E-state index is 12.4. The predicted octanol–water partition coefficient (Wildman–Crippen LogP) is 1.58. The Morgan fingerprint density at radius 1 is 1.47 bits per heavy atom. The number of furan rings is 1. The molecule has 0 aromatic carbocycles. The molecule has 0 radical (unpaired) electrons. The summed E-state index contributed by atoms with van der Waals surface area (Å²) in [7, 11) is 0. The van der Waals surface area contributed by atoms with Gasteiger partial charge in [-0.25, -0.2) is 4.68 Å². The number of hydrogen-bond donors (Lipinski definition) is 0. The molecule has 0 bridgehead atoms. The summed E-state index contributed by atoms with van der Waals surface area (Å²) in [4.78, 5) is 14.3. The lowest BCUT2D eigenvalue weighted by Gasteiger charge is -2.15. The summed E-state index contributed by atoms with van der Waals surface area (Å²) in [5.41, 5.74) is 0.664. The topological polar surface area (TPSA) is 64.2 Å². The zero-order chi connectivity index (χ0) is 13.4. The van der Waals surface area contributed by atoms with Gasteiger partial charge in [0.05, 0.1) is 17.8 Å². The van der Waals surface area contributed by atoms with Crippen LogP contribution >= 0.6 is 0 Å². The molecule has 1 fully saturated rings. The first kappa shape index (κ1) is 12.0. The summed E-state index contributed by atoms with van der Waals surface area (Å²) in [5, 5.41) is 7.80. The first-order valence-electron chi connectivity index (χ1n) is 6.37. The van der Waals surface area contributed by atoms with E-state index in [0.29, 0.717) is 17.9 Å². The van der Waals surface area contributed by atoms with Gasteiger partial charge in [0.25, 0.3) is 5.91 Å². The second-order valence-corrected chi connectivity index (χ2v) is 4.90. The molecular formula is C13H16N4O2. The van der Waals surface area contributed by atoms with Gasteiger partial charge in [-0.15, -0.1) is 5.10 Å². The number of hydrogen-bond acceptors (Lipinski definition) is 4. The molecule has 1 saturated heterocycles. The van der Waals surface area contributed by atoms with Crippen LogP contribution in [-0.2, 0) is 0 Å². The fourth-order valence-electron chi connectivity index (χ4n) is 2.57. The predicted molar refractivity (Wildman–Crippen MR) is 67.8 cm³/mol. The number of aromatic nitrogens is 3. The van der Waals surface area contributed by atoms with Gasteiger partial charge in [-0.05, 0) is 26.3 Å². The number of amides is 1. The third-order valence-electron chi connectivity index (χ3n) is 3.54. The molecule has 0 aliphatic carbocycles. The van der Waals surface area contributed by atoms with E-state index in [2.05, 4.69) is 10.3 Å². The average Bonchev–Trinajstić information content (AvgIpc) is 3.06. The van der Waals surface area contributed by atoms with Crippen LogP contribution in [0.3, 0.4) is 0 Å². The monoisotopic (exact) mass is 260 g/mol. The fraction of sp³-hybridized carbons (Fsp3) is 0.462. The van der Waals surface area contributed by atoms with Crippen molar-refractivity contribution in [1.82, 2.24) is 19.9 Å². The number of likely N-dealkylation sites (tertiary alicyclic amines) is 1. The van der Waals surface area contributed by atoms with Crippen LogP contribution in [0.5, 0.6) is 0 Å². The Balaban J connectivity index is 1.74. The Bertz CT molecular complexity index is 588. The lowest BCUT2D eigenvalue weighted by Crippen LogP contribution is -2.29. The highest BCUT2D eigenvalue weighted by Crippen LogP contribution is 2.24. The molecule has 0 spiro atoms. The van der Waals surface area contributed by atoms with Crippen molar-refractivity contribution >= 4 is 5.91 Å². The van der Waals surface area contributed by atoms with Gasteiger partial charge < -0.3 is 9.32 Å². The van der Waals surface area contributed by atoms with Crippen molar-refractivity contribution in [1.29, 1.82) is 0 Å². The van der Waals surface area contributed by atoms with Gasteiger partial charge in [0.15, 0.2) is 0 Å². The molecule has 19 heavy (non-hydrogen) atoms. The van der Waals surface area contributed by atoms with E-state index >= 15 is 0 Å². The van der Waals surface area contributed by atoms with Crippen molar-refractivity contribution in [2.45, 2.75) is 26.3 Å². The van der Waals surface area contributed by atoms with Gasteiger partial charge in [-0.3, -0.25) is 4.79 Å². The number of carbonyl (C=O) groups is 1. The zero-order valence-corrected chi connectivity index (χ0v) is 11.0. The van der Waals surface area contributed by atoms with Crippen LogP contribution < -0.4 is 0 Å². The van der Waals surface area contributed by atoms with Gasteiger partial charge in [-0.2, -0.15) is 0 Å². The molecule has 0 saturated carbocycles. The second kappa shape index (κ2) is 4.53. The molecule has 100 valence electrons. The Kier molecular flexibility index (Phi) is 2.85. The molecule has 6 nitrogen and oxygen atoms in total. The van der Waals surface area contributed by atoms with Crippen LogP contribution in [0.2, 0.25) is 0 Å². The minimum Gasteiger partial charge on any atom is -0.466 e. The Morgan fingerprint density at radius 3 is 2.95 bits per heavy atom. The van der Waals surface area contributed by atoms with Gasteiger partial charge in [0.2, 0.25) is 0 Å². The first-order valence-corrected chi connectivity index (χ1v) is 6.37. The van der Waals surface area contributed by atoms with Gasteiger partial charge in [0, 0.05) is 19.3 Å². The van der Waals surface area contributed by atoms with E-state index in [1.54, 1.807) is 12.3 Å². The van der Waals surface area contributed by atoms with Crippen molar-refractivity contribution < 1.29 is 9.21 Å². The van der Waals surface area contributed by atoms with E-state index in [9.17, 15) is 4.79 Å². The van der Waals surface area contributed by atoms with Crippen molar-refractivity contribution in [3.05, 3.63) is 35.5 Å². The maximum Gasteiger partial charge on any atom is 0.257 e. The lowest BCUT2D eigenvalue weighted by molar-refractivity contribution is 0.0785. The second-order valence-electron chi connectivity index (χ2n) is 4.90. The largest absolute Gasteiger partial charge is 0.466 e. The summed E-state index contributed by atoms with van der Waals surface area (Å²) in [6, 6.07) is 2.03. The highest BCUT2D eigenvalue weighted by molar-refractivity contribution is 5.95. The van der Waals surface area contributed by atoms with Crippen LogP contribution in [0.25, 0.3) is 0 Å². The minimum absolute atomic E-state index is 0.0389. The molecule has 0 unspecified atom stereocenters. The molecule has 6 heteroatoms. The molecule has 2 aromatic rings. The minimum atomic E-state index is 0.0389. The third-order valence-corrected chi connectivity index (χ3v) is 3.54. The standard InChI is InChI=1S/C13H16N4O2/c1-9-7-12(10(2)19-9)13(18)16-5-3-11(8-16)17-6-4-14-15-17/h4,6-7,11H,3,5,8H2,1-2H3/t11-/m1/s1. The molecule has 3 rings (SSSR count). The Hall–Kier alpha value is -2.11. The average molecular weight is 260 g/mol. The highest BCUT2D eigenvalue weighted by Gasteiger charge is 2.30. The molecule has 3 heterocycles. The van der Waals surface area contributed by atoms with Gasteiger partial charge in [-0.1, -0.05) is 5.21 Å². The van der Waals surface area contributed by atoms with Gasteiger partial charge >= 0.3 is 0 Å². The number of aryl methyl sites for hydroxylation is 2. The van der Waals surface area contributed by atoms with Crippen molar-refractivity contribution in [2.24, 2.45) is 0 Å². The molecule has 1 amide bonds. The summed E-state index contributed by atoms with van der Waals surface area (Å²) in [6.07, 6.45) is 4.41. The van der Waals surface area contributed by atoms with E-state index in [0.717, 1.165) is 18.7 Å². The van der Waals surface area contributed by atoms with Crippen LogP contribution in [0.1, 0.15) is 34.3 Å². The van der Waals surface area contributed by atoms with Crippen LogP contribution in [0, 0.1) is 13.8 Å². The summed E-state index contributed by atoms with van der Waals surface area (Å²) >= 11 is 0. The summed E-state index contributed by atoms with van der Waals surface area (Å²) in [6.45, 7) is 5.09. The SMILES string of the molecule is Cc1cc(C(=O)N2CC[C@@H](n3ccnn3)C2)c(C)o1. The van der Waals surface area contributed by atoms with E-state index in [1.165, 1.54) is 0 Å². The van der Waals surface area contributed by atoms with Crippen LogP contribution in [0.15, 0.2) is 22.9 Å². The van der Waals surface area contributed by atoms with Crippen molar-refractivity contribution in [3.8, 4) is 0 Å². The Labute approximate surface area is 111 Å². The quantitative estimate of drug-likeness (QED) is 0.822. The summed E-state index contributed by atoms with van der Waals surface area (Å²) in [5.74, 6) is 1.50.